The zero-order valence-electron chi connectivity index (χ0n) is 27.9. The molecule has 248 valence electrons. The summed E-state index contributed by atoms with van der Waals surface area (Å²) in [6.45, 7) is 5.06. The van der Waals surface area contributed by atoms with Gasteiger partial charge in [0.15, 0.2) is 0 Å². The summed E-state index contributed by atoms with van der Waals surface area (Å²) in [7, 11) is 0. The van der Waals surface area contributed by atoms with Crippen molar-refractivity contribution in [3.05, 3.63) is 107 Å². The Balaban J connectivity index is 1.07. The SMILES string of the molecule is C/C=C1/CN2[C@@H](C3C=C4[C@H]5C[C@@H]6N(CC[C@@]67c6ccccc6N(C3=O)[C@@H]47)CC5=CCO)C[C@]34c5ccccc5N5C(=O)C=C[C@H]([C@H]53)[C@H]1C[C@H]24. The number of amides is 2. The van der Waals surface area contributed by atoms with Gasteiger partial charge < -0.3 is 14.9 Å². The molecule has 2 aromatic carbocycles. The Morgan fingerprint density at radius 3 is 2.49 bits per heavy atom. The maximum atomic E-state index is 15.5. The number of hydrogen-bond acceptors (Lipinski definition) is 5. The van der Waals surface area contributed by atoms with Crippen molar-refractivity contribution < 1.29 is 14.7 Å². The van der Waals surface area contributed by atoms with Gasteiger partial charge in [-0.1, -0.05) is 71.8 Å². The number of carbonyl (C=O) groups excluding carboxylic acids is 2. The zero-order valence-corrected chi connectivity index (χ0v) is 27.9. The van der Waals surface area contributed by atoms with Crippen molar-refractivity contribution in [1.29, 1.82) is 0 Å². The number of para-hydroxylation sites is 2. The normalized spacial score (nSPS) is 44.8. The van der Waals surface area contributed by atoms with Gasteiger partial charge in [-0.05, 0) is 80.0 Å². The van der Waals surface area contributed by atoms with Gasteiger partial charge in [0.25, 0.3) is 5.91 Å². The largest absolute Gasteiger partial charge is 0.392 e. The van der Waals surface area contributed by atoms with Gasteiger partial charge in [0.2, 0.25) is 5.91 Å². The number of piperidine rings is 2. The van der Waals surface area contributed by atoms with Crippen LogP contribution in [0.5, 0.6) is 0 Å². The van der Waals surface area contributed by atoms with Gasteiger partial charge in [0, 0.05) is 65.3 Å². The van der Waals surface area contributed by atoms with Crippen molar-refractivity contribution in [3.63, 3.8) is 0 Å². The van der Waals surface area contributed by atoms with Crippen LogP contribution in [0.25, 0.3) is 0 Å². The molecule has 7 heteroatoms. The summed E-state index contributed by atoms with van der Waals surface area (Å²) in [6.07, 6.45) is 15.0. The van der Waals surface area contributed by atoms with E-state index in [0.29, 0.717) is 12.0 Å². The molecule has 1 N–H and O–H groups in total. The molecular weight excluding hydrogens is 608 g/mol. The molecule has 11 atom stereocenters. The second-order valence-electron chi connectivity index (χ2n) is 16.7. The number of allylic oxidation sites excluding steroid dienone is 1. The second-order valence-corrected chi connectivity index (χ2v) is 16.7. The zero-order chi connectivity index (χ0) is 32.6. The quantitative estimate of drug-likeness (QED) is 0.486. The molecule has 49 heavy (non-hydrogen) atoms. The number of anilines is 2. The summed E-state index contributed by atoms with van der Waals surface area (Å²) in [6, 6.07) is 18.3. The molecule has 2 saturated carbocycles. The average molecular weight is 651 g/mol. The van der Waals surface area contributed by atoms with E-state index >= 15 is 4.79 Å². The van der Waals surface area contributed by atoms with Gasteiger partial charge in [0.05, 0.1) is 24.6 Å². The summed E-state index contributed by atoms with van der Waals surface area (Å²) >= 11 is 0. The number of carbonyl (C=O) groups is 2. The van der Waals surface area contributed by atoms with E-state index in [1.54, 1.807) is 0 Å². The van der Waals surface area contributed by atoms with Crippen LogP contribution in [0.15, 0.2) is 95.6 Å². The smallest absolute Gasteiger partial charge is 0.250 e. The molecule has 4 saturated heterocycles. The number of nitrogens with zero attached hydrogens (tertiary/aromatic N) is 4. The molecule has 8 aliphatic heterocycles. The van der Waals surface area contributed by atoms with Gasteiger partial charge in [-0.3, -0.25) is 19.4 Å². The average Bonchev–Trinajstić information content (AvgIpc) is 3.86. The molecular formula is C42H42N4O3. The molecule has 10 aliphatic rings. The first-order chi connectivity index (χ1) is 24.0. The highest BCUT2D eigenvalue weighted by Gasteiger charge is 2.73. The fourth-order valence-corrected chi connectivity index (χ4v) is 14.1. The fourth-order valence-electron chi connectivity index (χ4n) is 14.1. The van der Waals surface area contributed by atoms with Crippen LogP contribution in [0.3, 0.4) is 0 Å². The predicted octanol–water partition coefficient (Wildman–Crippen LogP) is 4.48. The van der Waals surface area contributed by atoms with E-state index in [4.69, 9.17) is 0 Å². The summed E-state index contributed by atoms with van der Waals surface area (Å²) in [5, 5.41) is 10.2. The number of benzene rings is 2. The Kier molecular flexibility index (Phi) is 5.20. The van der Waals surface area contributed by atoms with Crippen LogP contribution in [0.2, 0.25) is 0 Å². The molecule has 1 unspecified atom stereocenters. The van der Waals surface area contributed by atoms with Crippen LogP contribution in [0.4, 0.5) is 11.4 Å². The number of rotatable bonds is 2. The van der Waals surface area contributed by atoms with E-state index in [1.807, 2.05) is 6.08 Å². The van der Waals surface area contributed by atoms with Crippen LogP contribution in [-0.4, -0.2) is 83.2 Å². The predicted molar refractivity (Wildman–Crippen MR) is 187 cm³/mol. The van der Waals surface area contributed by atoms with Crippen LogP contribution in [-0.2, 0) is 20.4 Å². The Morgan fingerprint density at radius 2 is 1.69 bits per heavy atom. The van der Waals surface area contributed by atoms with E-state index in [-0.39, 0.29) is 71.2 Å². The summed E-state index contributed by atoms with van der Waals surface area (Å²) in [5.74, 6) is 1.02. The third-order valence-electron chi connectivity index (χ3n) is 15.6. The van der Waals surface area contributed by atoms with Gasteiger partial charge in [-0.25, -0.2) is 0 Å². The Labute approximate surface area is 287 Å². The van der Waals surface area contributed by atoms with E-state index in [2.05, 4.69) is 99.4 Å². The number of aliphatic hydroxyl groups excluding tert-OH is 1. The minimum Gasteiger partial charge on any atom is -0.392 e. The van der Waals surface area contributed by atoms with Crippen LogP contribution < -0.4 is 9.80 Å². The van der Waals surface area contributed by atoms with Crippen LogP contribution >= 0.6 is 0 Å². The van der Waals surface area contributed by atoms with E-state index in [1.165, 1.54) is 27.8 Å². The summed E-state index contributed by atoms with van der Waals surface area (Å²) in [4.78, 5) is 39.1. The summed E-state index contributed by atoms with van der Waals surface area (Å²) < 4.78 is 0. The van der Waals surface area contributed by atoms with Crippen molar-refractivity contribution in [1.82, 2.24) is 9.80 Å². The summed E-state index contributed by atoms with van der Waals surface area (Å²) in [5.41, 5.74) is 8.81. The molecule has 12 rings (SSSR count). The lowest BCUT2D eigenvalue weighted by Gasteiger charge is -2.57. The van der Waals surface area contributed by atoms with E-state index in [0.717, 1.165) is 56.7 Å². The number of hydrogen-bond donors (Lipinski definition) is 1. The third-order valence-corrected chi connectivity index (χ3v) is 15.6. The molecule has 2 aliphatic carbocycles. The Bertz CT molecular complexity index is 2030. The maximum absolute atomic E-state index is 15.5. The Morgan fingerprint density at radius 1 is 0.918 bits per heavy atom. The minimum absolute atomic E-state index is 0.0324. The van der Waals surface area contributed by atoms with Crippen LogP contribution in [0, 0.1) is 23.7 Å². The fraction of sp³-hybridized carbons (Fsp3) is 0.476. The highest BCUT2D eigenvalue weighted by Crippen LogP contribution is 2.68. The maximum Gasteiger partial charge on any atom is 0.250 e. The number of aliphatic hydroxyl groups is 1. The highest BCUT2D eigenvalue weighted by atomic mass is 16.2. The Hall–Kier alpha value is -3.78. The third kappa shape index (κ3) is 2.96. The van der Waals surface area contributed by atoms with Crippen LogP contribution in [0.1, 0.15) is 43.7 Å². The lowest BCUT2D eigenvalue weighted by Crippen LogP contribution is -2.66. The van der Waals surface area contributed by atoms with Gasteiger partial charge in [0.1, 0.15) is 0 Å². The van der Waals surface area contributed by atoms with Crippen molar-refractivity contribution in [2.75, 3.05) is 36.0 Å². The second kappa shape index (κ2) is 9.11. The first-order valence-electron chi connectivity index (χ1n) is 18.7. The van der Waals surface area contributed by atoms with E-state index in [9.17, 15) is 9.90 Å². The topological polar surface area (TPSA) is 67.3 Å². The van der Waals surface area contributed by atoms with Crippen molar-refractivity contribution >= 4 is 23.2 Å². The van der Waals surface area contributed by atoms with E-state index < -0.39 is 0 Å². The number of fused-ring (bicyclic) bond motifs is 8. The first-order valence-corrected chi connectivity index (χ1v) is 18.7. The molecule has 0 radical (unpaired) electrons. The lowest BCUT2D eigenvalue weighted by atomic mass is 9.54. The van der Waals surface area contributed by atoms with Gasteiger partial charge in [-0.15, -0.1) is 0 Å². The standard InChI is InChI=1S/C42H42N4O3/c1-2-23-22-44-34(20-42-31-8-4-5-9-32(31)45-37(48)12-11-25(38(42)45)26(23)19-36(42)44)29-17-28-27-18-35-41(14-15-43(35)21-24(27)13-16-47)30-7-3-6-10-33(30)46(39(28)41)40(29)49/h2-13,17,25-27,29,34-36,38-39,47H,14-16,18-22H2,1H3/b23-2-,24-13?/t25-,26-,27-,29?,34+,35-,36-,38-,39-,41+,42+/m0/s1. The molecule has 8 heterocycles. The molecule has 2 spiro atoms. The lowest BCUT2D eigenvalue weighted by molar-refractivity contribution is -0.124. The minimum atomic E-state index is -0.273. The molecule has 7 nitrogen and oxygen atoms in total. The molecule has 2 aromatic rings. The monoisotopic (exact) mass is 650 g/mol. The van der Waals surface area contributed by atoms with Gasteiger partial charge in [-0.2, -0.15) is 0 Å². The molecule has 4 bridgehead atoms. The molecule has 0 aromatic heterocycles. The molecule has 2 amide bonds. The first kappa shape index (κ1) is 28.0. The molecule has 6 fully saturated rings. The van der Waals surface area contributed by atoms with Crippen molar-refractivity contribution in [2.24, 2.45) is 23.7 Å². The van der Waals surface area contributed by atoms with Crippen molar-refractivity contribution in [3.8, 4) is 0 Å². The van der Waals surface area contributed by atoms with Crippen molar-refractivity contribution in [2.45, 2.75) is 73.6 Å². The van der Waals surface area contributed by atoms with Gasteiger partial charge >= 0.3 is 0 Å². The highest BCUT2D eigenvalue weighted by molar-refractivity contribution is 6.06.